The molecule has 5 nitrogen and oxygen atoms in total. The lowest BCUT2D eigenvalue weighted by Gasteiger charge is -2.10. The Balaban J connectivity index is 2.03. The molecule has 8 heteroatoms. The fourth-order valence-electron chi connectivity index (χ4n) is 1.72. The molecule has 1 N–H and O–H groups in total. The summed E-state index contributed by atoms with van der Waals surface area (Å²) in [4.78, 5) is 4.37. The van der Waals surface area contributed by atoms with Crippen LogP contribution in [-0.2, 0) is 5.75 Å². The Hall–Kier alpha value is -1.83. The first-order valence-electron chi connectivity index (χ1n) is 6.66. The number of benzene rings is 1. The van der Waals surface area contributed by atoms with Crippen molar-refractivity contribution >= 4 is 11.8 Å². The van der Waals surface area contributed by atoms with E-state index >= 15 is 0 Å². The minimum absolute atomic E-state index is 0.0197. The highest BCUT2D eigenvalue weighted by Crippen LogP contribution is 2.31. The van der Waals surface area contributed by atoms with Crippen molar-refractivity contribution in [3.8, 4) is 11.5 Å². The van der Waals surface area contributed by atoms with Crippen LogP contribution in [0.2, 0.25) is 0 Å². The van der Waals surface area contributed by atoms with Crippen LogP contribution in [0.3, 0.4) is 0 Å². The fourth-order valence-corrected chi connectivity index (χ4v) is 2.47. The number of thioether (sulfide) groups is 1. The van der Waals surface area contributed by atoms with Crippen molar-refractivity contribution in [2.45, 2.75) is 37.3 Å². The molecule has 0 aliphatic heterocycles. The average Bonchev–Trinajstić information content (AvgIpc) is 2.94. The van der Waals surface area contributed by atoms with Gasteiger partial charge in [0.25, 0.3) is 0 Å². The van der Waals surface area contributed by atoms with Crippen LogP contribution in [0.4, 0.5) is 8.78 Å². The third-order valence-corrected chi connectivity index (χ3v) is 3.76. The van der Waals surface area contributed by atoms with Crippen LogP contribution in [0.15, 0.2) is 23.4 Å². The van der Waals surface area contributed by atoms with Crippen LogP contribution >= 0.6 is 11.8 Å². The topological polar surface area (TPSA) is 60.0 Å². The molecule has 0 spiro atoms. The molecule has 0 atom stereocenters. The summed E-state index contributed by atoms with van der Waals surface area (Å²) in [7, 11) is 1.41. The number of rotatable bonds is 7. The van der Waals surface area contributed by atoms with E-state index in [1.807, 2.05) is 13.8 Å². The molecule has 0 unspecified atom stereocenters. The van der Waals surface area contributed by atoms with Crippen LogP contribution in [0, 0.1) is 0 Å². The first kappa shape index (κ1) is 16.5. The minimum atomic E-state index is -2.88. The molecule has 0 saturated heterocycles. The Morgan fingerprint density at radius 2 is 2.05 bits per heavy atom. The van der Waals surface area contributed by atoms with E-state index in [9.17, 15) is 8.78 Å². The van der Waals surface area contributed by atoms with Gasteiger partial charge in [-0.1, -0.05) is 31.7 Å². The normalized spacial score (nSPS) is 11.2. The Kier molecular flexibility index (Phi) is 5.59. The van der Waals surface area contributed by atoms with Crippen LogP contribution in [0.1, 0.15) is 31.2 Å². The van der Waals surface area contributed by atoms with Crippen molar-refractivity contribution in [3.05, 3.63) is 29.6 Å². The lowest BCUT2D eigenvalue weighted by Crippen LogP contribution is -2.03. The highest BCUT2D eigenvalue weighted by molar-refractivity contribution is 7.98. The summed E-state index contributed by atoms with van der Waals surface area (Å²) >= 11 is 1.45. The van der Waals surface area contributed by atoms with E-state index < -0.39 is 6.61 Å². The van der Waals surface area contributed by atoms with Gasteiger partial charge < -0.3 is 9.47 Å². The molecule has 2 rings (SSSR count). The van der Waals surface area contributed by atoms with Gasteiger partial charge in [0, 0.05) is 11.7 Å². The molecule has 1 aromatic carbocycles. The van der Waals surface area contributed by atoms with Gasteiger partial charge in [-0.2, -0.15) is 8.78 Å². The summed E-state index contributed by atoms with van der Waals surface area (Å²) in [5.74, 6) is 2.01. The van der Waals surface area contributed by atoms with Gasteiger partial charge in [0.2, 0.25) is 5.16 Å². The maximum Gasteiger partial charge on any atom is 0.387 e. The van der Waals surface area contributed by atoms with Gasteiger partial charge in [0.1, 0.15) is 5.82 Å². The third kappa shape index (κ3) is 4.33. The minimum Gasteiger partial charge on any atom is -0.493 e. The number of nitrogens with zero attached hydrogens (tertiary/aromatic N) is 2. The lowest BCUT2D eigenvalue weighted by atomic mass is 10.2. The standard InChI is InChI=1S/C14H17F2N3O2S/c1-8(2)12-17-14(19-18-12)22-7-9-4-5-10(21-13(15)16)11(6-9)20-3/h4-6,8,13H,7H2,1-3H3,(H,17,18,19). The number of hydrogen-bond donors (Lipinski definition) is 1. The highest BCUT2D eigenvalue weighted by Gasteiger charge is 2.12. The third-order valence-electron chi connectivity index (χ3n) is 2.84. The Morgan fingerprint density at radius 1 is 1.27 bits per heavy atom. The molecule has 1 heterocycles. The molecule has 2 aromatic rings. The summed E-state index contributed by atoms with van der Waals surface area (Å²) in [5.41, 5.74) is 0.902. The molecule has 0 fully saturated rings. The molecule has 0 aliphatic carbocycles. The predicted molar refractivity (Wildman–Crippen MR) is 79.7 cm³/mol. The monoisotopic (exact) mass is 329 g/mol. The van der Waals surface area contributed by atoms with Crippen LogP contribution in [0.25, 0.3) is 0 Å². The summed E-state index contributed by atoms with van der Waals surface area (Å²) in [6, 6.07) is 4.85. The summed E-state index contributed by atoms with van der Waals surface area (Å²) in [6.07, 6.45) is 0. The summed E-state index contributed by atoms with van der Waals surface area (Å²) < 4.78 is 34.0. The van der Waals surface area contributed by atoms with E-state index in [4.69, 9.17) is 4.74 Å². The number of alkyl halides is 2. The Morgan fingerprint density at radius 3 is 2.64 bits per heavy atom. The zero-order valence-corrected chi connectivity index (χ0v) is 13.3. The maximum atomic E-state index is 12.3. The van der Waals surface area contributed by atoms with Gasteiger partial charge >= 0.3 is 6.61 Å². The van der Waals surface area contributed by atoms with Gasteiger partial charge in [-0.25, -0.2) is 4.98 Å². The largest absolute Gasteiger partial charge is 0.493 e. The zero-order chi connectivity index (χ0) is 16.1. The molecular formula is C14H17F2N3O2S. The average molecular weight is 329 g/mol. The first-order chi connectivity index (χ1) is 10.5. The van der Waals surface area contributed by atoms with Gasteiger partial charge in [-0.3, -0.25) is 5.10 Å². The van der Waals surface area contributed by atoms with E-state index in [0.29, 0.717) is 10.9 Å². The van der Waals surface area contributed by atoms with Gasteiger partial charge in [-0.05, 0) is 17.7 Å². The predicted octanol–water partition coefficient (Wildman–Crippen LogP) is 3.83. The molecule has 0 saturated carbocycles. The van der Waals surface area contributed by atoms with Crippen LogP contribution in [0.5, 0.6) is 11.5 Å². The van der Waals surface area contributed by atoms with E-state index in [2.05, 4.69) is 19.9 Å². The Labute approximate surface area is 131 Å². The molecule has 22 heavy (non-hydrogen) atoms. The molecule has 0 amide bonds. The molecule has 0 radical (unpaired) electrons. The van der Waals surface area contributed by atoms with Crippen molar-refractivity contribution < 1.29 is 18.3 Å². The van der Waals surface area contributed by atoms with Gasteiger partial charge in [-0.15, -0.1) is 5.10 Å². The number of aromatic amines is 1. The number of methoxy groups -OCH3 is 1. The number of ether oxygens (including phenoxy) is 2. The number of nitrogens with one attached hydrogen (secondary N) is 1. The van der Waals surface area contributed by atoms with Crippen molar-refractivity contribution in [2.75, 3.05) is 7.11 Å². The SMILES string of the molecule is COc1cc(CSc2n[nH]c(C(C)C)n2)ccc1OC(F)F. The second-order valence-corrected chi connectivity index (χ2v) is 5.75. The second-order valence-electron chi connectivity index (χ2n) is 4.81. The summed E-state index contributed by atoms with van der Waals surface area (Å²) in [6.45, 7) is 1.18. The second kappa shape index (κ2) is 7.44. The lowest BCUT2D eigenvalue weighted by molar-refractivity contribution is -0.0512. The quantitative estimate of drug-likeness (QED) is 0.782. The number of hydrogen-bond acceptors (Lipinski definition) is 5. The zero-order valence-electron chi connectivity index (χ0n) is 12.5. The molecule has 0 bridgehead atoms. The van der Waals surface area contributed by atoms with Crippen LogP contribution in [-0.4, -0.2) is 28.9 Å². The molecule has 0 aliphatic rings. The summed E-state index contributed by atoms with van der Waals surface area (Å²) in [5, 5.41) is 7.66. The van der Waals surface area contributed by atoms with Gasteiger partial charge in [0.05, 0.1) is 7.11 Å². The smallest absolute Gasteiger partial charge is 0.387 e. The first-order valence-corrected chi connectivity index (χ1v) is 7.65. The molecule has 120 valence electrons. The van der Waals surface area contributed by atoms with Crippen molar-refractivity contribution in [1.82, 2.24) is 15.2 Å². The molecule has 1 aromatic heterocycles. The van der Waals surface area contributed by atoms with E-state index in [1.54, 1.807) is 12.1 Å². The van der Waals surface area contributed by atoms with E-state index in [0.717, 1.165) is 11.4 Å². The van der Waals surface area contributed by atoms with Crippen LogP contribution < -0.4 is 9.47 Å². The number of halogens is 2. The van der Waals surface area contributed by atoms with E-state index in [1.165, 1.54) is 24.9 Å². The highest BCUT2D eigenvalue weighted by atomic mass is 32.2. The van der Waals surface area contributed by atoms with Crippen molar-refractivity contribution in [2.24, 2.45) is 0 Å². The van der Waals surface area contributed by atoms with Crippen molar-refractivity contribution in [3.63, 3.8) is 0 Å². The van der Waals surface area contributed by atoms with Gasteiger partial charge in [0.15, 0.2) is 11.5 Å². The number of H-pyrrole nitrogens is 1. The maximum absolute atomic E-state index is 12.3. The Bertz CT molecular complexity index is 620. The number of aromatic nitrogens is 3. The molecular weight excluding hydrogens is 312 g/mol. The van der Waals surface area contributed by atoms with E-state index in [-0.39, 0.29) is 17.4 Å². The fraction of sp³-hybridized carbons (Fsp3) is 0.429. The van der Waals surface area contributed by atoms with Crippen molar-refractivity contribution in [1.29, 1.82) is 0 Å².